The van der Waals surface area contributed by atoms with Crippen LogP contribution in [0.1, 0.15) is 75.2 Å². The van der Waals surface area contributed by atoms with Gasteiger partial charge < -0.3 is 10.4 Å². The van der Waals surface area contributed by atoms with E-state index in [-0.39, 0.29) is 24.2 Å². The first kappa shape index (κ1) is 15.9. The summed E-state index contributed by atoms with van der Waals surface area (Å²) in [4.78, 5) is 16.2. The molecule has 6 nitrogen and oxygen atoms in total. The molecular weight excluding hydrogens is 268 g/mol. The molecule has 1 aliphatic rings. The summed E-state index contributed by atoms with van der Waals surface area (Å²) in [7, 11) is 0. The van der Waals surface area contributed by atoms with E-state index in [2.05, 4.69) is 27.4 Å². The summed E-state index contributed by atoms with van der Waals surface area (Å²) in [5.41, 5.74) is -0.779. The molecule has 0 aliphatic heterocycles. The van der Waals surface area contributed by atoms with Gasteiger partial charge >= 0.3 is 0 Å². The van der Waals surface area contributed by atoms with E-state index in [9.17, 15) is 9.90 Å². The normalized spacial score (nSPS) is 26.0. The predicted molar refractivity (Wildman–Crippen MR) is 80.0 cm³/mol. The van der Waals surface area contributed by atoms with E-state index in [0.29, 0.717) is 11.7 Å². The van der Waals surface area contributed by atoms with Crippen LogP contribution in [0.15, 0.2) is 0 Å². The molecule has 1 amide bonds. The van der Waals surface area contributed by atoms with Gasteiger partial charge in [0.15, 0.2) is 0 Å². The highest BCUT2D eigenvalue weighted by Gasteiger charge is 2.33. The second-order valence-electron chi connectivity index (χ2n) is 6.46. The van der Waals surface area contributed by atoms with Gasteiger partial charge in [-0.2, -0.15) is 0 Å². The molecule has 118 valence electrons. The minimum absolute atomic E-state index is 0.143. The fraction of sp³-hybridized carbons (Fsp3) is 0.800. The minimum atomic E-state index is -0.779. The Kier molecular flexibility index (Phi) is 4.98. The van der Waals surface area contributed by atoms with Crippen LogP contribution >= 0.6 is 0 Å². The van der Waals surface area contributed by atoms with Gasteiger partial charge in [-0.05, 0) is 31.6 Å². The van der Waals surface area contributed by atoms with E-state index < -0.39 is 5.60 Å². The predicted octanol–water partition coefficient (Wildman–Crippen LogP) is 1.99. The van der Waals surface area contributed by atoms with E-state index in [4.69, 9.17) is 0 Å². The fourth-order valence-electron chi connectivity index (χ4n) is 2.76. The van der Waals surface area contributed by atoms with Crippen molar-refractivity contribution in [2.75, 3.05) is 6.54 Å². The average molecular weight is 294 g/mol. The molecule has 2 rings (SSSR count). The number of nitrogens with one attached hydrogen (secondary N) is 2. The number of aromatic nitrogens is 3. The van der Waals surface area contributed by atoms with E-state index in [1.165, 1.54) is 0 Å². The lowest BCUT2D eigenvalue weighted by Crippen LogP contribution is -2.45. The van der Waals surface area contributed by atoms with Crippen molar-refractivity contribution >= 4 is 5.91 Å². The lowest BCUT2D eigenvalue weighted by Gasteiger charge is -2.35. The standard InChI is InChI=1S/C15H26N4O2/c1-4-11-5-7-15(21,8-6-11)9-16-14(20)13-17-12(10(2)3)18-19-13/h10-11,21H,4-9H2,1-3H3,(H,16,20)(H,17,18,19). The number of hydrogen-bond acceptors (Lipinski definition) is 4. The van der Waals surface area contributed by atoms with Gasteiger partial charge in [0.2, 0.25) is 5.82 Å². The van der Waals surface area contributed by atoms with Crippen molar-refractivity contribution in [3.05, 3.63) is 11.6 Å². The van der Waals surface area contributed by atoms with Gasteiger partial charge in [-0.1, -0.05) is 27.2 Å². The average Bonchev–Trinajstić information content (AvgIpc) is 2.96. The molecule has 0 unspecified atom stereocenters. The highest BCUT2D eigenvalue weighted by atomic mass is 16.3. The number of carbonyl (C=O) groups is 1. The molecule has 0 aromatic carbocycles. The molecule has 0 atom stereocenters. The summed E-state index contributed by atoms with van der Waals surface area (Å²) in [5.74, 6) is 1.42. The van der Waals surface area contributed by atoms with Crippen molar-refractivity contribution in [2.24, 2.45) is 5.92 Å². The molecule has 6 heteroatoms. The molecule has 0 saturated heterocycles. The maximum absolute atomic E-state index is 12.0. The minimum Gasteiger partial charge on any atom is -0.388 e. The molecular formula is C15H26N4O2. The Balaban J connectivity index is 1.86. The van der Waals surface area contributed by atoms with Gasteiger partial charge in [0, 0.05) is 12.5 Å². The van der Waals surface area contributed by atoms with E-state index in [0.717, 1.165) is 32.1 Å². The molecule has 1 aliphatic carbocycles. The van der Waals surface area contributed by atoms with Gasteiger partial charge in [-0.15, -0.1) is 5.10 Å². The number of aromatic amines is 1. The monoisotopic (exact) mass is 294 g/mol. The Morgan fingerprint density at radius 2 is 2.14 bits per heavy atom. The van der Waals surface area contributed by atoms with Crippen LogP contribution in [-0.2, 0) is 0 Å². The van der Waals surface area contributed by atoms with Gasteiger partial charge in [-0.3, -0.25) is 9.89 Å². The molecule has 1 saturated carbocycles. The quantitative estimate of drug-likeness (QED) is 0.774. The van der Waals surface area contributed by atoms with Gasteiger partial charge in [-0.25, -0.2) is 4.98 Å². The maximum atomic E-state index is 12.0. The van der Waals surface area contributed by atoms with E-state index >= 15 is 0 Å². The van der Waals surface area contributed by atoms with Crippen LogP contribution in [0, 0.1) is 5.92 Å². The van der Waals surface area contributed by atoms with E-state index in [1.807, 2.05) is 13.8 Å². The molecule has 1 fully saturated rings. The summed E-state index contributed by atoms with van der Waals surface area (Å²) >= 11 is 0. The van der Waals surface area contributed by atoms with Crippen molar-refractivity contribution in [3.8, 4) is 0 Å². The van der Waals surface area contributed by atoms with Gasteiger partial charge in [0.05, 0.1) is 5.60 Å². The van der Waals surface area contributed by atoms with Crippen molar-refractivity contribution in [1.29, 1.82) is 0 Å². The molecule has 0 radical (unpaired) electrons. The molecule has 21 heavy (non-hydrogen) atoms. The van der Waals surface area contributed by atoms with Crippen LogP contribution in [0.3, 0.4) is 0 Å². The first-order valence-corrected chi connectivity index (χ1v) is 7.86. The van der Waals surface area contributed by atoms with Crippen LogP contribution in [-0.4, -0.2) is 38.3 Å². The number of amides is 1. The van der Waals surface area contributed by atoms with Crippen LogP contribution in [0.5, 0.6) is 0 Å². The second-order valence-corrected chi connectivity index (χ2v) is 6.46. The van der Waals surface area contributed by atoms with Crippen molar-refractivity contribution in [3.63, 3.8) is 0 Å². The molecule has 1 heterocycles. The summed E-state index contributed by atoms with van der Waals surface area (Å²) in [6, 6.07) is 0. The van der Waals surface area contributed by atoms with Crippen molar-refractivity contribution in [1.82, 2.24) is 20.5 Å². The van der Waals surface area contributed by atoms with Crippen LogP contribution in [0.4, 0.5) is 0 Å². The van der Waals surface area contributed by atoms with Gasteiger partial charge in [0.25, 0.3) is 5.91 Å². The smallest absolute Gasteiger partial charge is 0.291 e. The number of hydrogen-bond donors (Lipinski definition) is 3. The molecule has 0 bridgehead atoms. The first-order chi connectivity index (χ1) is 9.93. The van der Waals surface area contributed by atoms with Crippen LogP contribution in [0.2, 0.25) is 0 Å². The van der Waals surface area contributed by atoms with Crippen LogP contribution in [0.25, 0.3) is 0 Å². The highest BCUT2D eigenvalue weighted by molar-refractivity contribution is 5.90. The van der Waals surface area contributed by atoms with Gasteiger partial charge in [0.1, 0.15) is 5.82 Å². The van der Waals surface area contributed by atoms with E-state index in [1.54, 1.807) is 0 Å². The number of rotatable bonds is 5. The zero-order valence-electron chi connectivity index (χ0n) is 13.1. The second kappa shape index (κ2) is 6.56. The zero-order chi connectivity index (χ0) is 15.5. The van der Waals surface area contributed by atoms with Crippen molar-refractivity contribution in [2.45, 2.75) is 64.4 Å². The Morgan fingerprint density at radius 1 is 1.48 bits per heavy atom. The molecule has 3 N–H and O–H groups in total. The third kappa shape index (κ3) is 4.03. The SMILES string of the molecule is CCC1CCC(O)(CNC(=O)c2n[nH]c(C(C)C)n2)CC1. The first-order valence-electron chi connectivity index (χ1n) is 7.86. The summed E-state index contributed by atoms with van der Waals surface area (Å²) in [5, 5.41) is 20.0. The lowest BCUT2D eigenvalue weighted by molar-refractivity contribution is -0.00793. The molecule has 0 spiro atoms. The maximum Gasteiger partial charge on any atom is 0.291 e. The Bertz CT molecular complexity index is 476. The Labute approximate surface area is 125 Å². The third-order valence-electron chi connectivity index (χ3n) is 4.44. The third-order valence-corrected chi connectivity index (χ3v) is 4.44. The van der Waals surface area contributed by atoms with Crippen LogP contribution < -0.4 is 5.32 Å². The largest absolute Gasteiger partial charge is 0.388 e. The topological polar surface area (TPSA) is 90.9 Å². The lowest BCUT2D eigenvalue weighted by atomic mass is 9.78. The Hall–Kier alpha value is -1.43. The zero-order valence-corrected chi connectivity index (χ0v) is 13.1. The number of H-pyrrole nitrogens is 1. The molecule has 1 aromatic rings. The summed E-state index contributed by atoms with van der Waals surface area (Å²) < 4.78 is 0. The summed E-state index contributed by atoms with van der Waals surface area (Å²) in [6.45, 7) is 6.42. The molecule has 1 aromatic heterocycles. The highest BCUT2D eigenvalue weighted by Crippen LogP contribution is 2.33. The number of nitrogens with zero attached hydrogens (tertiary/aromatic N) is 2. The number of carbonyl (C=O) groups excluding carboxylic acids is 1. The summed E-state index contributed by atoms with van der Waals surface area (Å²) in [6.07, 6.45) is 4.72. The Morgan fingerprint density at radius 3 is 2.67 bits per heavy atom. The number of aliphatic hydroxyl groups is 1. The fourth-order valence-corrected chi connectivity index (χ4v) is 2.76. The van der Waals surface area contributed by atoms with Crippen molar-refractivity contribution < 1.29 is 9.90 Å².